The molecule has 47 heavy (non-hydrogen) atoms. The van der Waals surface area contributed by atoms with Gasteiger partial charge in [0.25, 0.3) is 8.53 Å². The van der Waals surface area contributed by atoms with Crippen LogP contribution in [0.15, 0.2) is 90.2 Å². The molecule has 9 nitrogen and oxygen atoms in total. The van der Waals surface area contributed by atoms with E-state index in [-0.39, 0.29) is 12.5 Å². The van der Waals surface area contributed by atoms with Gasteiger partial charge in [-0.3, -0.25) is 9.59 Å². The molecule has 0 radical (unpaired) electrons. The number of carbonyl (C=O) groups excluding carboxylic acids is 2. The number of nitrogens with one attached hydrogen (secondary N) is 2. The number of allylic oxidation sites excluding steroid dienone is 13. The predicted molar refractivity (Wildman–Crippen MR) is 197 cm³/mol. The summed E-state index contributed by atoms with van der Waals surface area (Å²) in [7, 11) is 5.42. The van der Waals surface area contributed by atoms with Gasteiger partial charge in [0.05, 0.1) is 6.61 Å². The maximum Gasteiger partial charge on any atom is 0.255 e. The van der Waals surface area contributed by atoms with Crippen LogP contribution in [0.25, 0.3) is 0 Å². The normalized spacial score (nSPS) is 13.9. The van der Waals surface area contributed by atoms with E-state index in [1.54, 1.807) is 13.0 Å². The van der Waals surface area contributed by atoms with Crippen LogP contribution in [0.3, 0.4) is 0 Å². The molecule has 2 unspecified atom stereocenters. The second-order valence-electron chi connectivity index (χ2n) is 10.1. The molecule has 2 N–H and O–H groups in total. The number of aliphatic imine (C=N–C) groups is 1. The Balaban J connectivity index is 0. The Bertz CT molecular complexity index is 990. The molecule has 0 saturated heterocycles. The predicted octanol–water partition coefficient (Wildman–Crippen LogP) is 7.72. The van der Waals surface area contributed by atoms with E-state index in [2.05, 4.69) is 89.2 Å². The van der Waals surface area contributed by atoms with Gasteiger partial charge in [0.1, 0.15) is 12.8 Å². The van der Waals surface area contributed by atoms with Crippen LogP contribution in [0.2, 0.25) is 0 Å². The molecule has 0 rings (SSSR count). The number of hydrogen-bond donors (Lipinski definition) is 2. The average molecular weight is 679 g/mol. The van der Waals surface area contributed by atoms with E-state index < -0.39 is 21.3 Å². The lowest BCUT2D eigenvalue weighted by molar-refractivity contribution is -0.121. The molecule has 0 aliphatic carbocycles. The van der Waals surface area contributed by atoms with E-state index in [0.717, 1.165) is 38.5 Å². The maximum atomic E-state index is 12.6. The number of methoxy groups -OCH3 is 1. The minimum absolute atomic E-state index is 0.000804. The number of amides is 2. The number of hydrogen-bond acceptors (Lipinski definition) is 7. The zero-order valence-corrected chi connectivity index (χ0v) is 30.4. The van der Waals surface area contributed by atoms with Crippen LogP contribution in [0.5, 0.6) is 0 Å². The summed E-state index contributed by atoms with van der Waals surface area (Å²) in [6.07, 6.45) is 36.5. The molecule has 0 aliphatic rings. The molecule has 11 heteroatoms. The summed E-state index contributed by atoms with van der Waals surface area (Å²) in [5, 5.41) is 5.91. The Morgan fingerprint density at radius 2 is 1.40 bits per heavy atom. The van der Waals surface area contributed by atoms with Gasteiger partial charge in [0.15, 0.2) is 0 Å². The lowest BCUT2D eigenvalue weighted by Crippen LogP contribution is -2.30. The van der Waals surface area contributed by atoms with E-state index in [9.17, 15) is 14.0 Å². The van der Waals surface area contributed by atoms with E-state index in [0.29, 0.717) is 38.1 Å². The van der Waals surface area contributed by atoms with Crippen LogP contribution in [0.4, 0.5) is 4.39 Å². The number of halogens is 1. The SMILES string of the molecule is CC(/C=C\N(C)C)=NC=O.CC/C=C\C/C=C\C/C=C\C/C=C\C/C=C\C/C=C\CCC(=O)NCCNP(OC)OCC(CF)OC. The van der Waals surface area contributed by atoms with Crippen molar-refractivity contribution in [2.45, 2.75) is 71.3 Å². The minimum Gasteiger partial charge on any atom is -0.383 e. The van der Waals surface area contributed by atoms with Gasteiger partial charge in [-0.1, -0.05) is 79.8 Å². The standard InChI is InChI=1S/C29H48FN2O4P.C7H12N2O/c1-4-5-6-7-8-9-10-11-12-13-14-15-16-17-18-19-20-21-22-23-29(33)31-24-25-32-37(35-3)36-27-28(26-30)34-2;1-7(8-6-10)4-5-9(2)3/h5-6,8-9,11-12,14-15,17-18,20-21,28,32H,4,7,10,13,16,19,22-27H2,1-3H3,(H,31,33);4-6H,1-3H3/b6-5-,9-8-,12-11-,15-14-,18-17-,21-20-;5-4-,8-7?. The summed E-state index contributed by atoms with van der Waals surface area (Å²) >= 11 is 0. The molecule has 0 aromatic heterocycles. The van der Waals surface area contributed by atoms with Crippen molar-refractivity contribution >= 4 is 26.6 Å². The van der Waals surface area contributed by atoms with Gasteiger partial charge in [-0.05, 0) is 57.9 Å². The third-order valence-corrected chi connectivity index (χ3v) is 6.94. The van der Waals surface area contributed by atoms with Gasteiger partial charge in [0.2, 0.25) is 12.3 Å². The molecule has 0 fully saturated rings. The Morgan fingerprint density at radius 1 is 0.872 bits per heavy atom. The first-order valence-corrected chi connectivity index (χ1v) is 17.3. The number of alkyl halides is 1. The quantitative estimate of drug-likeness (QED) is 0.0302. The first-order chi connectivity index (χ1) is 22.8. The molecular weight excluding hydrogens is 618 g/mol. The second-order valence-corrected chi connectivity index (χ2v) is 11.6. The van der Waals surface area contributed by atoms with E-state index in [4.69, 9.17) is 13.8 Å². The van der Waals surface area contributed by atoms with Gasteiger partial charge in [-0.15, -0.1) is 0 Å². The molecule has 0 heterocycles. The van der Waals surface area contributed by atoms with Crippen LogP contribution in [0.1, 0.15) is 65.2 Å². The van der Waals surface area contributed by atoms with Gasteiger partial charge in [-0.2, -0.15) is 0 Å². The molecule has 0 aromatic carbocycles. The number of carbonyl (C=O) groups is 2. The largest absolute Gasteiger partial charge is 0.383 e. The Hall–Kier alpha value is -3.01. The second kappa shape index (κ2) is 37.4. The molecule has 0 aliphatic heterocycles. The van der Waals surface area contributed by atoms with Crippen molar-refractivity contribution in [3.05, 3.63) is 85.2 Å². The topological polar surface area (TPSA) is 101 Å². The maximum absolute atomic E-state index is 12.6. The average Bonchev–Trinajstić information content (AvgIpc) is 3.06. The fourth-order valence-corrected chi connectivity index (χ4v) is 4.09. The molecular formula is C36H60FN4O5P. The van der Waals surface area contributed by atoms with Gasteiger partial charge < -0.3 is 24.0 Å². The fourth-order valence-electron chi connectivity index (χ4n) is 3.16. The molecule has 0 bridgehead atoms. The highest BCUT2D eigenvalue weighted by atomic mass is 31.2. The third kappa shape index (κ3) is 37.3. The van der Waals surface area contributed by atoms with Gasteiger partial charge in [0, 0.05) is 59.7 Å². The Kier molecular flexibility index (Phi) is 36.7. The van der Waals surface area contributed by atoms with Crippen molar-refractivity contribution in [2.75, 3.05) is 54.7 Å². The summed E-state index contributed by atoms with van der Waals surface area (Å²) in [5.41, 5.74) is 0.712. The van der Waals surface area contributed by atoms with Crippen molar-refractivity contribution in [1.29, 1.82) is 0 Å². The molecule has 0 saturated carbocycles. The fraction of sp³-hybridized carbons (Fsp3) is 0.528. The van der Waals surface area contributed by atoms with Crippen LogP contribution in [-0.4, -0.2) is 83.7 Å². The van der Waals surface area contributed by atoms with E-state index >= 15 is 0 Å². The molecule has 266 valence electrons. The molecule has 0 aromatic rings. The van der Waals surface area contributed by atoms with Crippen molar-refractivity contribution in [2.24, 2.45) is 4.99 Å². The number of nitrogens with zero attached hydrogens (tertiary/aromatic N) is 2. The van der Waals surface area contributed by atoms with Crippen LogP contribution < -0.4 is 10.4 Å². The number of ether oxygens (including phenoxy) is 1. The van der Waals surface area contributed by atoms with Gasteiger partial charge in [-0.25, -0.2) is 14.5 Å². The Morgan fingerprint density at radius 3 is 1.85 bits per heavy atom. The van der Waals surface area contributed by atoms with Crippen LogP contribution in [-0.2, 0) is 23.4 Å². The highest BCUT2D eigenvalue weighted by Gasteiger charge is 2.13. The summed E-state index contributed by atoms with van der Waals surface area (Å²) in [4.78, 5) is 27.1. The minimum atomic E-state index is -1.34. The van der Waals surface area contributed by atoms with Crippen LogP contribution in [0, 0.1) is 0 Å². The number of rotatable bonds is 27. The zero-order chi connectivity index (χ0) is 35.2. The molecule has 2 atom stereocenters. The molecule has 2 amide bonds. The van der Waals surface area contributed by atoms with Crippen LogP contribution >= 0.6 is 8.53 Å². The zero-order valence-electron chi connectivity index (χ0n) is 29.5. The third-order valence-electron chi connectivity index (χ3n) is 5.74. The van der Waals surface area contributed by atoms with E-state index in [1.165, 1.54) is 14.2 Å². The highest BCUT2D eigenvalue weighted by Crippen LogP contribution is 2.31. The summed E-state index contributed by atoms with van der Waals surface area (Å²) in [5.74, 6) is 0.000804. The van der Waals surface area contributed by atoms with Crippen molar-refractivity contribution in [3.8, 4) is 0 Å². The smallest absolute Gasteiger partial charge is 0.255 e. The van der Waals surface area contributed by atoms with Crippen molar-refractivity contribution < 1.29 is 27.8 Å². The summed E-state index contributed by atoms with van der Waals surface area (Å²) in [6, 6.07) is 0. The first kappa shape index (κ1) is 46.1. The van der Waals surface area contributed by atoms with Gasteiger partial charge >= 0.3 is 0 Å². The first-order valence-electron chi connectivity index (χ1n) is 16.1. The lowest BCUT2D eigenvalue weighted by Gasteiger charge is -2.18. The summed E-state index contributed by atoms with van der Waals surface area (Å²) in [6.45, 7) is 4.37. The highest BCUT2D eigenvalue weighted by molar-refractivity contribution is 7.44. The van der Waals surface area contributed by atoms with Crippen molar-refractivity contribution in [3.63, 3.8) is 0 Å². The molecule has 0 spiro atoms. The lowest BCUT2D eigenvalue weighted by atomic mass is 10.2. The monoisotopic (exact) mass is 678 g/mol. The summed E-state index contributed by atoms with van der Waals surface area (Å²) < 4.78 is 28.2. The Labute approximate surface area is 285 Å². The van der Waals surface area contributed by atoms with Crippen molar-refractivity contribution in [1.82, 2.24) is 15.3 Å². The van der Waals surface area contributed by atoms with E-state index in [1.807, 2.05) is 31.3 Å².